The fourth-order valence-electron chi connectivity index (χ4n) is 3.20. The maximum absolute atomic E-state index is 12.9. The molecule has 0 fully saturated rings. The molecule has 0 N–H and O–H groups in total. The van der Waals surface area contributed by atoms with Crippen molar-refractivity contribution in [2.45, 2.75) is 39.7 Å². The Morgan fingerprint density at radius 3 is 2.67 bits per heavy atom. The molecule has 2 aromatic rings. The molecule has 21 heavy (non-hydrogen) atoms. The van der Waals surface area contributed by atoms with Gasteiger partial charge in [0, 0.05) is 13.5 Å². The van der Waals surface area contributed by atoms with Crippen molar-refractivity contribution in [2.75, 3.05) is 6.54 Å². The summed E-state index contributed by atoms with van der Waals surface area (Å²) in [6, 6.07) is 8.33. The standard InChI is InChI=1S/C17H20N2O2/c1-11-15(18-12(2)21-11)16(20)19-10-9-13-7-5-6-8-14(13)17(19,3)4/h5-8H,9-10H2,1-4H3. The minimum atomic E-state index is -0.342. The van der Waals surface area contributed by atoms with Crippen molar-refractivity contribution in [3.05, 3.63) is 52.7 Å². The third kappa shape index (κ3) is 2.15. The van der Waals surface area contributed by atoms with Crippen LogP contribution in [-0.4, -0.2) is 22.3 Å². The lowest BCUT2D eigenvalue weighted by Gasteiger charge is -2.43. The van der Waals surface area contributed by atoms with E-state index in [1.165, 1.54) is 11.1 Å². The summed E-state index contributed by atoms with van der Waals surface area (Å²) in [7, 11) is 0. The van der Waals surface area contributed by atoms with Crippen LogP contribution in [0, 0.1) is 13.8 Å². The molecule has 1 aliphatic rings. The Hall–Kier alpha value is -2.10. The Kier molecular flexibility index (Phi) is 3.12. The number of carbonyl (C=O) groups is 1. The zero-order valence-electron chi connectivity index (χ0n) is 12.9. The SMILES string of the molecule is Cc1nc(C(=O)N2CCc3ccccc3C2(C)C)c(C)o1. The summed E-state index contributed by atoms with van der Waals surface area (Å²) in [4.78, 5) is 19.0. The van der Waals surface area contributed by atoms with Gasteiger partial charge in [-0.1, -0.05) is 24.3 Å². The summed E-state index contributed by atoms with van der Waals surface area (Å²) >= 11 is 0. The first-order chi connectivity index (χ1) is 9.91. The van der Waals surface area contributed by atoms with E-state index in [-0.39, 0.29) is 11.4 Å². The van der Waals surface area contributed by atoms with Gasteiger partial charge in [0.05, 0.1) is 5.54 Å². The number of benzene rings is 1. The molecule has 3 rings (SSSR count). The van der Waals surface area contributed by atoms with Gasteiger partial charge in [-0.15, -0.1) is 0 Å². The molecule has 1 aromatic carbocycles. The number of carbonyl (C=O) groups excluding carboxylic acids is 1. The highest BCUT2D eigenvalue weighted by Crippen LogP contribution is 2.36. The van der Waals surface area contributed by atoms with E-state index in [1.54, 1.807) is 13.8 Å². The summed E-state index contributed by atoms with van der Waals surface area (Å²) in [5.74, 6) is 1.07. The first-order valence-corrected chi connectivity index (χ1v) is 7.25. The number of hydrogen-bond donors (Lipinski definition) is 0. The van der Waals surface area contributed by atoms with Crippen LogP contribution in [0.15, 0.2) is 28.7 Å². The van der Waals surface area contributed by atoms with Crippen LogP contribution in [0.3, 0.4) is 0 Å². The second kappa shape index (κ2) is 4.72. The highest BCUT2D eigenvalue weighted by molar-refractivity contribution is 5.94. The molecule has 0 radical (unpaired) electrons. The van der Waals surface area contributed by atoms with Crippen molar-refractivity contribution >= 4 is 5.91 Å². The van der Waals surface area contributed by atoms with E-state index >= 15 is 0 Å². The lowest BCUT2D eigenvalue weighted by Crippen LogP contribution is -2.50. The molecule has 0 spiro atoms. The lowest BCUT2D eigenvalue weighted by atomic mass is 9.83. The quantitative estimate of drug-likeness (QED) is 0.807. The number of nitrogens with zero attached hydrogens (tertiary/aromatic N) is 2. The van der Waals surface area contributed by atoms with Crippen molar-refractivity contribution in [3.63, 3.8) is 0 Å². The van der Waals surface area contributed by atoms with Gasteiger partial charge in [-0.2, -0.15) is 0 Å². The summed E-state index contributed by atoms with van der Waals surface area (Å²) in [5.41, 5.74) is 2.62. The van der Waals surface area contributed by atoms with Crippen LogP contribution in [0.2, 0.25) is 0 Å². The molecule has 4 heteroatoms. The average molecular weight is 284 g/mol. The molecule has 1 aromatic heterocycles. The fraction of sp³-hybridized carbons (Fsp3) is 0.412. The second-order valence-electron chi connectivity index (χ2n) is 6.06. The molecule has 1 aliphatic heterocycles. The van der Waals surface area contributed by atoms with Gasteiger partial charge in [0.15, 0.2) is 11.6 Å². The molecule has 0 atom stereocenters. The molecular weight excluding hydrogens is 264 g/mol. The van der Waals surface area contributed by atoms with E-state index in [2.05, 4.69) is 37.0 Å². The van der Waals surface area contributed by atoms with E-state index < -0.39 is 0 Å². The van der Waals surface area contributed by atoms with E-state index in [9.17, 15) is 4.79 Å². The molecule has 0 saturated carbocycles. The van der Waals surface area contributed by atoms with Crippen molar-refractivity contribution < 1.29 is 9.21 Å². The van der Waals surface area contributed by atoms with Crippen LogP contribution < -0.4 is 0 Å². The van der Waals surface area contributed by atoms with E-state index in [0.717, 1.165) is 6.42 Å². The third-order valence-corrected chi connectivity index (χ3v) is 4.31. The van der Waals surface area contributed by atoms with Crippen LogP contribution in [-0.2, 0) is 12.0 Å². The van der Waals surface area contributed by atoms with Gasteiger partial charge in [-0.3, -0.25) is 4.79 Å². The van der Waals surface area contributed by atoms with Gasteiger partial charge in [0.25, 0.3) is 5.91 Å². The highest BCUT2D eigenvalue weighted by atomic mass is 16.4. The van der Waals surface area contributed by atoms with Crippen molar-refractivity contribution in [3.8, 4) is 0 Å². The Morgan fingerprint density at radius 2 is 2.00 bits per heavy atom. The predicted molar refractivity (Wildman–Crippen MR) is 80.2 cm³/mol. The summed E-state index contributed by atoms with van der Waals surface area (Å²) in [5, 5.41) is 0. The molecule has 0 aliphatic carbocycles. The van der Waals surface area contributed by atoms with Crippen LogP contribution in [0.5, 0.6) is 0 Å². The maximum Gasteiger partial charge on any atom is 0.276 e. The monoisotopic (exact) mass is 284 g/mol. The minimum absolute atomic E-state index is 0.0520. The number of fused-ring (bicyclic) bond motifs is 1. The van der Waals surface area contributed by atoms with Gasteiger partial charge >= 0.3 is 0 Å². The summed E-state index contributed by atoms with van der Waals surface area (Å²) in [6.45, 7) is 8.43. The number of hydrogen-bond acceptors (Lipinski definition) is 3. The normalized spacial score (nSPS) is 16.7. The topological polar surface area (TPSA) is 46.3 Å². The van der Waals surface area contributed by atoms with Crippen molar-refractivity contribution in [2.24, 2.45) is 0 Å². The van der Waals surface area contributed by atoms with E-state index in [1.807, 2.05) is 11.0 Å². The zero-order chi connectivity index (χ0) is 15.2. The van der Waals surface area contributed by atoms with Gasteiger partial charge in [-0.05, 0) is 38.3 Å². The molecule has 4 nitrogen and oxygen atoms in total. The highest BCUT2D eigenvalue weighted by Gasteiger charge is 2.38. The molecule has 0 saturated heterocycles. The van der Waals surface area contributed by atoms with Crippen LogP contribution in [0.4, 0.5) is 0 Å². The zero-order valence-corrected chi connectivity index (χ0v) is 12.9. The van der Waals surface area contributed by atoms with Gasteiger partial charge in [0.2, 0.25) is 0 Å². The number of aryl methyl sites for hydroxylation is 2. The van der Waals surface area contributed by atoms with Crippen LogP contribution in [0.1, 0.15) is 47.1 Å². The Labute approximate surface area is 124 Å². The molecule has 110 valence electrons. The predicted octanol–water partition coefficient (Wildman–Crippen LogP) is 3.23. The van der Waals surface area contributed by atoms with Gasteiger partial charge in [0.1, 0.15) is 5.76 Å². The molecule has 2 heterocycles. The molecule has 0 unspecified atom stereocenters. The third-order valence-electron chi connectivity index (χ3n) is 4.31. The largest absolute Gasteiger partial charge is 0.445 e. The number of rotatable bonds is 1. The molecule has 1 amide bonds. The van der Waals surface area contributed by atoms with Crippen LogP contribution in [0.25, 0.3) is 0 Å². The maximum atomic E-state index is 12.9. The van der Waals surface area contributed by atoms with Crippen molar-refractivity contribution in [1.82, 2.24) is 9.88 Å². The number of amides is 1. The Morgan fingerprint density at radius 1 is 1.29 bits per heavy atom. The van der Waals surface area contributed by atoms with Crippen LogP contribution >= 0.6 is 0 Å². The minimum Gasteiger partial charge on any atom is -0.445 e. The fourth-order valence-corrected chi connectivity index (χ4v) is 3.20. The molecule has 0 bridgehead atoms. The molecular formula is C17H20N2O2. The lowest BCUT2D eigenvalue weighted by molar-refractivity contribution is 0.0506. The first-order valence-electron chi connectivity index (χ1n) is 7.25. The number of oxazole rings is 1. The van der Waals surface area contributed by atoms with E-state index in [0.29, 0.717) is 23.9 Å². The smallest absolute Gasteiger partial charge is 0.276 e. The Bertz CT molecular complexity index is 701. The van der Waals surface area contributed by atoms with Crippen molar-refractivity contribution in [1.29, 1.82) is 0 Å². The summed E-state index contributed by atoms with van der Waals surface area (Å²) in [6.07, 6.45) is 0.876. The van der Waals surface area contributed by atoms with Gasteiger partial charge in [-0.25, -0.2) is 4.98 Å². The average Bonchev–Trinajstić information content (AvgIpc) is 2.77. The van der Waals surface area contributed by atoms with E-state index in [4.69, 9.17) is 4.42 Å². The van der Waals surface area contributed by atoms with Gasteiger partial charge < -0.3 is 9.32 Å². The number of aromatic nitrogens is 1. The Balaban J connectivity index is 2.01. The first kappa shape index (κ1) is 13.9. The second-order valence-corrected chi connectivity index (χ2v) is 6.06. The summed E-state index contributed by atoms with van der Waals surface area (Å²) < 4.78 is 5.41.